The van der Waals surface area contributed by atoms with E-state index >= 15 is 0 Å². The van der Waals surface area contributed by atoms with Crippen molar-refractivity contribution in [3.63, 3.8) is 0 Å². The monoisotopic (exact) mass is 268 g/mol. The average molecular weight is 268 g/mol. The third-order valence-corrected chi connectivity index (χ3v) is 4.29. The number of amides is 1. The van der Waals surface area contributed by atoms with Crippen LogP contribution in [0.3, 0.4) is 0 Å². The van der Waals surface area contributed by atoms with Gasteiger partial charge in [-0.15, -0.1) is 0 Å². The molecule has 1 heterocycles. The summed E-state index contributed by atoms with van der Waals surface area (Å²) in [7, 11) is 0. The van der Waals surface area contributed by atoms with Gasteiger partial charge >= 0.3 is 0 Å². The molecule has 2 aliphatic rings. The number of hydrogen-bond donors (Lipinski definition) is 2. The fourth-order valence-electron chi connectivity index (χ4n) is 2.98. The fourth-order valence-corrected chi connectivity index (χ4v) is 2.98. The van der Waals surface area contributed by atoms with Crippen molar-refractivity contribution in [2.24, 2.45) is 0 Å². The van der Waals surface area contributed by atoms with Crippen molar-refractivity contribution in [3.8, 4) is 0 Å². The van der Waals surface area contributed by atoms with Crippen LogP contribution in [0.2, 0.25) is 0 Å². The summed E-state index contributed by atoms with van der Waals surface area (Å²) >= 11 is 0. The molecule has 0 spiro atoms. The number of nitrogens with one attached hydrogen (secondary N) is 2. The van der Waals surface area contributed by atoms with Crippen molar-refractivity contribution in [3.05, 3.63) is 0 Å². The molecule has 4 heteroatoms. The Morgan fingerprint density at radius 2 is 1.95 bits per heavy atom. The molecule has 0 bridgehead atoms. The number of carbonyl (C=O) groups excluding carboxylic acids is 1. The Kier molecular flexibility index (Phi) is 6.11. The van der Waals surface area contributed by atoms with Crippen molar-refractivity contribution in [1.82, 2.24) is 10.6 Å². The third kappa shape index (κ3) is 5.11. The van der Waals surface area contributed by atoms with Crippen LogP contribution in [0.4, 0.5) is 0 Å². The molecule has 4 nitrogen and oxygen atoms in total. The lowest BCUT2D eigenvalue weighted by Gasteiger charge is -2.23. The van der Waals surface area contributed by atoms with E-state index in [0.717, 1.165) is 32.4 Å². The predicted molar refractivity (Wildman–Crippen MR) is 76.1 cm³/mol. The van der Waals surface area contributed by atoms with E-state index in [0.29, 0.717) is 12.1 Å². The maximum atomic E-state index is 12.0. The van der Waals surface area contributed by atoms with Crippen LogP contribution in [0.25, 0.3) is 0 Å². The first-order valence-corrected chi connectivity index (χ1v) is 7.91. The third-order valence-electron chi connectivity index (χ3n) is 4.29. The van der Waals surface area contributed by atoms with Crippen molar-refractivity contribution in [1.29, 1.82) is 0 Å². The first-order valence-electron chi connectivity index (χ1n) is 7.91. The first kappa shape index (κ1) is 14.8. The first-order chi connectivity index (χ1) is 9.25. The molecule has 0 aromatic heterocycles. The smallest absolute Gasteiger partial charge is 0.237 e. The summed E-state index contributed by atoms with van der Waals surface area (Å²) in [6, 6.07) is 0.322. The van der Waals surface area contributed by atoms with Crippen LogP contribution in [-0.4, -0.2) is 37.2 Å². The molecule has 0 radical (unpaired) electrons. The van der Waals surface area contributed by atoms with Crippen LogP contribution in [0.15, 0.2) is 0 Å². The Hall–Kier alpha value is -0.610. The van der Waals surface area contributed by atoms with E-state index < -0.39 is 0 Å². The molecule has 1 aliphatic heterocycles. The lowest BCUT2D eigenvalue weighted by Crippen LogP contribution is -2.46. The molecule has 2 fully saturated rings. The zero-order valence-electron chi connectivity index (χ0n) is 12.1. The van der Waals surface area contributed by atoms with E-state index in [-0.39, 0.29) is 11.9 Å². The van der Waals surface area contributed by atoms with E-state index in [1.165, 1.54) is 32.1 Å². The Labute approximate surface area is 116 Å². The van der Waals surface area contributed by atoms with Crippen molar-refractivity contribution in [2.75, 3.05) is 13.2 Å². The van der Waals surface area contributed by atoms with E-state index in [4.69, 9.17) is 4.74 Å². The topological polar surface area (TPSA) is 50.4 Å². The summed E-state index contributed by atoms with van der Waals surface area (Å²) in [6.45, 7) is 3.72. The van der Waals surface area contributed by atoms with Gasteiger partial charge < -0.3 is 15.4 Å². The highest BCUT2D eigenvalue weighted by Gasteiger charge is 2.20. The molecular weight excluding hydrogens is 240 g/mol. The predicted octanol–water partition coefficient (Wildman–Crippen LogP) is 1.98. The molecule has 2 atom stereocenters. The van der Waals surface area contributed by atoms with Crippen LogP contribution < -0.4 is 10.6 Å². The van der Waals surface area contributed by atoms with Gasteiger partial charge in [-0.3, -0.25) is 4.79 Å². The van der Waals surface area contributed by atoms with Gasteiger partial charge in [0.2, 0.25) is 5.91 Å². The van der Waals surface area contributed by atoms with Crippen LogP contribution in [-0.2, 0) is 9.53 Å². The Bertz CT molecular complexity index is 271. The molecule has 1 amide bonds. The summed E-state index contributed by atoms with van der Waals surface area (Å²) in [4.78, 5) is 12.0. The van der Waals surface area contributed by atoms with Gasteiger partial charge in [-0.2, -0.15) is 0 Å². The maximum absolute atomic E-state index is 12.0. The van der Waals surface area contributed by atoms with Gasteiger partial charge in [-0.1, -0.05) is 12.8 Å². The fraction of sp³-hybridized carbons (Fsp3) is 0.933. The molecule has 0 aromatic rings. The minimum atomic E-state index is -0.0933. The Morgan fingerprint density at radius 1 is 1.21 bits per heavy atom. The highest BCUT2D eigenvalue weighted by atomic mass is 16.5. The molecule has 1 aliphatic carbocycles. The largest absolute Gasteiger partial charge is 0.378 e. The molecule has 0 aromatic carbocycles. The zero-order chi connectivity index (χ0) is 13.5. The molecular formula is C15H28N2O2. The summed E-state index contributed by atoms with van der Waals surface area (Å²) < 4.78 is 5.69. The molecule has 1 saturated heterocycles. The van der Waals surface area contributed by atoms with E-state index in [1.54, 1.807) is 0 Å². The standard InChI is InChI=1S/C15H28N2O2/c1-12(15(18)17-13-6-2-3-7-13)16-10-9-14-8-4-5-11-19-14/h12-14,16H,2-11H2,1H3,(H,17,18). The lowest BCUT2D eigenvalue weighted by molar-refractivity contribution is -0.123. The Balaban J connectivity index is 1.57. The van der Waals surface area contributed by atoms with Crippen LogP contribution in [0.1, 0.15) is 58.3 Å². The molecule has 2 rings (SSSR count). The summed E-state index contributed by atoms with van der Waals surface area (Å²) in [6.07, 6.45) is 9.87. The summed E-state index contributed by atoms with van der Waals surface area (Å²) in [5.74, 6) is 0.150. The van der Waals surface area contributed by atoms with E-state index in [2.05, 4.69) is 10.6 Å². The van der Waals surface area contributed by atoms with E-state index in [9.17, 15) is 4.79 Å². The quantitative estimate of drug-likeness (QED) is 0.774. The molecule has 2 N–H and O–H groups in total. The number of hydrogen-bond acceptors (Lipinski definition) is 3. The SMILES string of the molecule is CC(NCCC1CCCCO1)C(=O)NC1CCCC1. The molecule has 2 unspecified atom stereocenters. The van der Waals surface area contributed by atoms with Gasteiger partial charge in [0, 0.05) is 12.6 Å². The highest BCUT2D eigenvalue weighted by molar-refractivity contribution is 5.81. The minimum absolute atomic E-state index is 0.0933. The molecule has 1 saturated carbocycles. The van der Waals surface area contributed by atoms with Gasteiger partial charge in [-0.25, -0.2) is 0 Å². The van der Waals surface area contributed by atoms with Crippen LogP contribution in [0.5, 0.6) is 0 Å². The molecule has 110 valence electrons. The summed E-state index contributed by atoms with van der Waals surface area (Å²) in [5, 5.41) is 6.45. The van der Waals surface area contributed by atoms with Crippen LogP contribution >= 0.6 is 0 Å². The second-order valence-corrected chi connectivity index (χ2v) is 5.94. The summed E-state index contributed by atoms with van der Waals surface area (Å²) in [5.41, 5.74) is 0. The second kappa shape index (κ2) is 7.85. The van der Waals surface area contributed by atoms with Crippen molar-refractivity contribution in [2.45, 2.75) is 76.5 Å². The second-order valence-electron chi connectivity index (χ2n) is 5.94. The molecule has 19 heavy (non-hydrogen) atoms. The van der Waals surface area contributed by atoms with Gasteiger partial charge in [-0.05, 0) is 52.0 Å². The highest BCUT2D eigenvalue weighted by Crippen LogP contribution is 2.17. The van der Waals surface area contributed by atoms with Crippen molar-refractivity contribution < 1.29 is 9.53 Å². The van der Waals surface area contributed by atoms with Gasteiger partial charge in [0.15, 0.2) is 0 Å². The van der Waals surface area contributed by atoms with Crippen molar-refractivity contribution >= 4 is 5.91 Å². The minimum Gasteiger partial charge on any atom is -0.378 e. The van der Waals surface area contributed by atoms with Gasteiger partial charge in [0.1, 0.15) is 0 Å². The van der Waals surface area contributed by atoms with E-state index in [1.807, 2.05) is 6.92 Å². The van der Waals surface area contributed by atoms with Gasteiger partial charge in [0.05, 0.1) is 12.1 Å². The zero-order valence-corrected chi connectivity index (χ0v) is 12.1. The van der Waals surface area contributed by atoms with Crippen LogP contribution in [0, 0.1) is 0 Å². The normalized spacial score (nSPS) is 26.3. The Morgan fingerprint density at radius 3 is 2.63 bits per heavy atom. The maximum Gasteiger partial charge on any atom is 0.237 e. The number of rotatable bonds is 6. The average Bonchev–Trinajstić information content (AvgIpc) is 2.92. The van der Waals surface area contributed by atoms with Gasteiger partial charge in [0.25, 0.3) is 0 Å². The lowest BCUT2D eigenvalue weighted by atomic mass is 10.1. The number of ether oxygens (including phenoxy) is 1. The number of carbonyl (C=O) groups is 1.